The number of hydrogen-bond acceptors (Lipinski definition) is 3. The molecule has 3 rings (SSSR count). The van der Waals surface area contributed by atoms with Crippen LogP contribution in [0, 0.1) is 0 Å². The van der Waals surface area contributed by atoms with Gasteiger partial charge in [-0.05, 0) is 36.8 Å². The van der Waals surface area contributed by atoms with Crippen LogP contribution in [-0.2, 0) is 16.4 Å². The highest BCUT2D eigenvalue weighted by Gasteiger charge is 2.13. The molecule has 0 bridgehead atoms. The number of rotatable bonds is 6. The Hall–Kier alpha value is -1.82. The van der Waals surface area contributed by atoms with Crippen LogP contribution in [0.3, 0.4) is 0 Å². The number of fused-ring (bicyclic) bond motifs is 1. The zero-order chi connectivity index (χ0) is 16.3. The molecule has 0 amide bonds. The van der Waals surface area contributed by atoms with E-state index in [0.717, 1.165) is 16.7 Å². The van der Waals surface area contributed by atoms with Gasteiger partial charge in [0.2, 0.25) is 10.0 Å². The number of nitrogens with one attached hydrogen (secondary N) is 1. The third-order valence-corrected chi connectivity index (χ3v) is 5.17. The fraction of sp³-hybridized carbons (Fsp3) is 0.176. The van der Waals surface area contributed by atoms with Crippen LogP contribution in [0.1, 0.15) is 12.2 Å². The van der Waals surface area contributed by atoms with E-state index in [1.54, 1.807) is 12.1 Å². The van der Waals surface area contributed by atoms with Crippen molar-refractivity contribution < 1.29 is 12.8 Å². The Kier molecular flexibility index (Phi) is 4.71. The summed E-state index contributed by atoms with van der Waals surface area (Å²) in [5, 5.41) is 1.46. The van der Waals surface area contributed by atoms with E-state index >= 15 is 0 Å². The zero-order valence-corrected chi connectivity index (χ0v) is 13.9. The summed E-state index contributed by atoms with van der Waals surface area (Å²) in [5.74, 6) is 0.855. The Labute approximate surface area is 140 Å². The van der Waals surface area contributed by atoms with Gasteiger partial charge in [-0.3, -0.25) is 0 Å². The summed E-state index contributed by atoms with van der Waals surface area (Å²) in [4.78, 5) is 0.175. The third kappa shape index (κ3) is 3.93. The maximum atomic E-state index is 12.1. The van der Waals surface area contributed by atoms with Crippen LogP contribution in [-0.4, -0.2) is 15.0 Å². The van der Waals surface area contributed by atoms with Gasteiger partial charge in [-0.2, -0.15) is 0 Å². The van der Waals surface area contributed by atoms with Gasteiger partial charge in [-0.25, -0.2) is 13.1 Å². The lowest BCUT2D eigenvalue weighted by atomic mass is 10.2. The van der Waals surface area contributed by atoms with Crippen LogP contribution >= 0.6 is 11.6 Å². The minimum atomic E-state index is -3.53. The molecule has 0 spiro atoms. The largest absolute Gasteiger partial charge is 0.461 e. The van der Waals surface area contributed by atoms with E-state index in [4.69, 9.17) is 16.0 Å². The maximum absolute atomic E-state index is 12.1. The normalized spacial score (nSPS) is 11.9. The van der Waals surface area contributed by atoms with E-state index in [9.17, 15) is 8.42 Å². The van der Waals surface area contributed by atoms with Gasteiger partial charge in [-0.15, -0.1) is 0 Å². The second-order valence-corrected chi connectivity index (χ2v) is 7.41. The first-order valence-corrected chi connectivity index (χ1v) is 9.13. The van der Waals surface area contributed by atoms with Crippen molar-refractivity contribution in [2.45, 2.75) is 17.7 Å². The van der Waals surface area contributed by atoms with E-state index in [2.05, 4.69) is 4.72 Å². The first-order chi connectivity index (χ1) is 11.0. The molecule has 1 N–H and O–H groups in total. The second-order valence-electron chi connectivity index (χ2n) is 5.21. The van der Waals surface area contributed by atoms with Crippen LogP contribution in [0.5, 0.6) is 0 Å². The van der Waals surface area contributed by atoms with E-state index < -0.39 is 10.0 Å². The summed E-state index contributed by atoms with van der Waals surface area (Å²) < 4.78 is 32.6. The number of halogens is 1. The maximum Gasteiger partial charge on any atom is 0.240 e. The Bertz CT molecular complexity index is 885. The van der Waals surface area contributed by atoms with Crippen LogP contribution in [0.15, 0.2) is 63.9 Å². The van der Waals surface area contributed by atoms with Gasteiger partial charge in [-0.1, -0.05) is 35.9 Å². The highest BCUT2D eigenvalue weighted by molar-refractivity contribution is 7.89. The van der Waals surface area contributed by atoms with Crippen LogP contribution in [0.2, 0.25) is 5.02 Å². The molecule has 1 aromatic heterocycles. The van der Waals surface area contributed by atoms with Crippen molar-refractivity contribution in [2.75, 3.05) is 6.54 Å². The Balaban J connectivity index is 1.56. The van der Waals surface area contributed by atoms with Crippen LogP contribution in [0.25, 0.3) is 11.0 Å². The molecule has 0 aliphatic rings. The molecule has 120 valence electrons. The van der Waals surface area contributed by atoms with E-state index in [-0.39, 0.29) is 4.90 Å². The Morgan fingerprint density at radius 3 is 2.65 bits per heavy atom. The molecule has 0 saturated heterocycles. The van der Waals surface area contributed by atoms with Gasteiger partial charge in [0, 0.05) is 23.4 Å². The van der Waals surface area contributed by atoms with Crippen molar-refractivity contribution in [3.63, 3.8) is 0 Å². The molecule has 1 heterocycles. The Morgan fingerprint density at radius 1 is 1.04 bits per heavy atom. The fourth-order valence-corrected chi connectivity index (χ4v) is 3.72. The molecule has 3 aromatic rings. The lowest BCUT2D eigenvalue weighted by Crippen LogP contribution is -2.25. The number of hydrogen-bond donors (Lipinski definition) is 1. The van der Waals surface area contributed by atoms with E-state index in [0.29, 0.717) is 24.4 Å². The second kappa shape index (κ2) is 6.74. The summed E-state index contributed by atoms with van der Waals surface area (Å²) in [5.41, 5.74) is 0.849. The number of benzene rings is 2. The molecule has 4 nitrogen and oxygen atoms in total. The van der Waals surface area contributed by atoms with Crippen molar-refractivity contribution in [3.8, 4) is 0 Å². The number of para-hydroxylation sites is 1. The average Bonchev–Trinajstić information content (AvgIpc) is 2.94. The predicted octanol–water partition coefficient (Wildman–Crippen LogP) is 4.00. The fourth-order valence-electron chi connectivity index (χ4n) is 2.35. The van der Waals surface area contributed by atoms with Crippen molar-refractivity contribution >= 4 is 32.6 Å². The monoisotopic (exact) mass is 349 g/mol. The van der Waals surface area contributed by atoms with Gasteiger partial charge in [0.05, 0.1) is 4.90 Å². The lowest BCUT2D eigenvalue weighted by molar-refractivity contribution is 0.533. The summed E-state index contributed by atoms with van der Waals surface area (Å²) in [6.07, 6.45) is 1.33. The minimum Gasteiger partial charge on any atom is -0.461 e. The van der Waals surface area contributed by atoms with Crippen molar-refractivity contribution in [3.05, 3.63) is 65.4 Å². The third-order valence-electron chi connectivity index (χ3n) is 3.47. The van der Waals surface area contributed by atoms with E-state index in [1.807, 2.05) is 30.3 Å². The summed E-state index contributed by atoms with van der Waals surface area (Å²) in [7, 11) is -3.53. The standard InChI is InChI=1S/C17H16ClNO3S/c18-14-6-3-8-16(12-14)23(20,21)19-10-4-7-15-11-13-5-1-2-9-17(13)22-15/h1-3,5-6,8-9,11-12,19H,4,7,10H2. The average molecular weight is 350 g/mol. The molecule has 0 aliphatic heterocycles. The SMILES string of the molecule is O=S(=O)(NCCCc1cc2ccccc2o1)c1cccc(Cl)c1. The topological polar surface area (TPSA) is 59.3 Å². The smallest absolute Gasteiger partial charge is 0.240 e. The molecule has 0 aliphatic carbocycles. The molecule has 23 heavy (non-hydrogen) atoms. The van der Waals surface area contributed by atoms with E-state index in [1.165, 1.54) is 12.1 Å². The molecule has 0 radical (unpaired) electrons. The van der Waals surface area contributed by atoms with Crippen LogP contribution in [0.4, 0.5) is 0 Å². The first-order valence-electron chi connectivity index (χ1n) is 7.27. The Morgan fingerprint density at radius 2 is 1.87 bits per heavy atom. The molecule has 2 aromatic carbocycles. The quantitative estimate of drug-likeness (QED) is 0.684. The molecule has 6 heteroatoms. The number of aryl methyl sites for hydroxylation is 1. The van der Waals surface area contributed by atoms with Crippen molar-refractivity contribution in [1.82, 2.24) is 4.72 Å². The van der Waals surface area contributed by atoms with Crippen molar-refractivity contribution in [2.24, 2.45) is 0 Å². The zero-order valence-electron chi connectivity index (χ0n) is 12.3. The molecule has 0 unspecified atom stereocenters. The summed E-state index contributed by atoms with van der Waals surface area (Å²) in [6, 6.07) is 16.0. The summed E-state index contributed by atoms with van der Waals surface area (Å²) in [6.45, 7) is 0.339. The van der Waals surface area contributed by atoms with Gasteiger partial charge >= 0.3 is 0 Å². The summed E-state index contributed by atoms with van der Waals surface area (Å²) >= 11 is 5.83. The molecular formula is C17H16ClNO3S. The highest BCUT2D eigenvalue weighted by Crippen LogP contribution is 2.20. The molecular weight excluding hydrogens is 334 g/mol. The molecule has 0 fully saturated rings. The van der Waals surface area contributed by atoms with Crippen molar-refractivity contribution in [1.29, 1.82) is 0 Å². The van der Waals surface area contributed by atoms with Crippen LogP contribution < -0.4 is 4.72 Å². The first kappa shape index (κ1) is 16.1. The molecule has 0 saturated carbocycles. The molecule has 0 atom stereocenters. The minimum absolute atomic E-state index is 0.175. The lowest BCUT2D eigenvalue weighted by Gasteiger charge is -2.06. The predicted molar refractivity (Wildman–Crippen MR) is 91.2 cm³/mol. The number of furan rings is 1. The number of sulfonamides is 1. The van der Waals surface area contributed by atoms with Gasteiger partial charge < -0.3 is 4.42 Å². The van der Waals surface area contributed by atoms with Gasteiger partial charge in [0.15, 0.2) is 0 Å². The highest BCUT2D eigenvalue weighted by atomic mass is 35.5. The van der Waals surface area contributed by atoms with Gasteiger partial charge in [0.25, 0.3) is 0 Å². The van der Waals surface area contributed by atoms with Gasteiger partial charge in [0.1, 0.15) is 11.3 Å².